The van der Waals surface area contributed by atoms with Crippen molar-refractivity contribution in [2.45, 2.75) is 335 Å². The van der Waals surface area contributed by atoms with Crippen LogP contribution in [-0.4, -0.2) is 49.3 Å². The lowest BCUT2D eigenvalue weighted by molar-refractivity contribution is -0.161. The highest BCUT2D eigenvalue weighted by Gasteiger charge is 2.26. The summed E-state index contributed by atoms with van der Waals surface area (Å²) in [5, 5.41) is 0. The second kappa shape index (κ2) is 63.9. The standard InChI is InChI=1S/C68H126NO8P/c1-3-5-7-9-11-13-15-17-19-21-22-23-24-25-26-27-28-29-30-31-32-33-34-35-36-37-38-39-40-41-42-43-44-45-47-49-51-53-55-57-59-61-68(71)77-66(65-76-78(72,73)75-63-62-69)64-74-67(70)60-58-56-54-52-50-48-46-20-18-16-14-12-10-8-6-4-2/h14-17,20-22,24-25,46,66H,3-13,18-19,23,26-45,47-65,69H2,1-2H3,(H,72,73)/b16-14-,17-15-,22-21-,25-24-,46-20-. The molecule has 78 heavy (non-hydrogen) atoms. The molecule has 0 fully saturated rings. The number of carbonyl (C=O) groups is 2. The molecule has 0 aliphatic carbocycles. The predicted octanol–water partition coefficient (Wildman–Crippen LogP) is 21.5. The van der Waals surface area contributed by atoms with E-state index in [9.17, 15) is 19.0 Å². The van der Waals surface area contributed by atoms with E-state index in [1.54, 1.807) is 0 Å². The fraction of sp³-hybridized carbons (Fsp3) is 0.824. The third-order valence-corrected chi connectivity index (χ3v) is 15.6. The minimum absolute atomic E-state index is 0.0518. The summed E-state index contributed by atoms with van der Waals surface area (Å²) < 4.78 is 33.0. The minimum atomic E-state index is -4.39. The Balaban J connectivity index is 3.75. The van der Waals surface area contributed by atoms with Crippen molar-refractivity contribution in [3.8, 4) is 0 Å². The van der Waals surface area contributed by atoms with Crippen LogP contribution in [0.2, 0.25) is 0 Å². The SMILES string of the molecule is CCCCCC/C=C\C/C=C\CCCCCCCC(=O)OCC(COP(=O)(O)OCCN)OC(=O)CCCCCCCCCCCCCCCCCCCCCCCCCCCC/C=C\C/C=C\C/C=C\CCCCCCC. The van der Waals surface area contributed by atoms with Gasteiger partial charge in [-0.2, -0.15) is 0 Å². The van der Waals surface area contributed by atoms with E-state index in [0.717, 1.165) is 70.6 Å². The van der Waals surface area contributed by atoms with Crippen molar-refractivity contribution in [3.05, 3.63) is 60.8 Å². The number of nitrogens with two attached hydrogens (primary N) is 1. The van der Waals surface area contributed by atoms with Gasteiger partial charge in [-0.15, -0.1) is 0 Å². The molecule has 2 atom stereocenters. The topological polar surface area (TPSA) is 134 Å². The highest BCUT2D eigenvalue weighted by atomic mass is 31.2. The maximum absolute atomic E-state index is 12.7. The van der Waals surface area contributed by atoms with Gasteiger partial charge in [-0.25, -0.2) is 4.57 Å². The lowest BCUT2D eigenvalue weighted by Crippen LogP contribution is -2.29. The van der Waals surface area contributed by atoms with Crippen LogP contribution in [-0.2, 0) is 32.7 Å². The molecule has 0 heterocycles. The molecule has 0 aromatic rings. The van der Waals surface area contributed by atoms with E-state index in [1.807, 2.05) is 0 Å². The Kier molecular flexibility index (Phi) is 62.0. The van der Waals surface area contributed by atoms with Crippen molar-refractivity contribution >= 4 is 19.8 Å². The molecule has 0 spiro atoms. The van der Waals surface area contributed by atoms with Crippen LogP contribution in [0.25, 0.3) is 0 Å². The van der Waals surface area contributed by atoms with Crippen LogP contribution in [0.4, 0.5) is 0 Å². The van der Waals surface area contributed by atoms with E-state index in [4.69, 9.17) is 24.3 Å². The fourth-order valence-electron chi connectivity index (χ4n) is 9.68. The van der Waals surface area contributed by atoms with Gasteiger partial charge in [0, 0.05) is 19.4 Å². The number of rotatable bonds is 63. The van der Waals surface area contributed by atoms with Crippen molar-refractivity contribution in [3.63, 3.8) is 0 Å². The molecule has 456 valence electrons. The number of allylic oxidation sites excluding steroid dienone is 10. The summed E-state index contributed by atoms with van der Waals surface area (Å²) in [6.45, 7) is 3.73. The first-order chi connectivity index (χ1) is 38.3. The lowest BCUT2D eigenvalue weighted by Gasteiger charge is -2.19. The molecule has 0 amide bonds. The second-order valence-corrected chi connectivity index (χ2v) is 23.8. The summed E-state index contributed by atoms with van der Waals surface area (Å²) in [6.07, 6.45) is 81.8. The largest absolute Gasteiger partial charge is 0.472 e. The molecule has 0 radical (unpaired) electrons. The Morgan fingerprint density at radius 1 is 0.385 bits per heavy atom. The predicted molar refractivity (Wildman–Crippen MR) is 335 cm³/mol. The quantitative estimate of drug-likeness (QED) is 0.0264. The van der Waals surface area contributed by atoms with Gasteiger partial charge in [0.15, 0.2) is 6.10 Å². The molecule has 0 aliphatic rings. The molecule has 0 aliphatic heterocycles. The first kappa shape index (κ1) is 75.7. The van der Waals surface area contributed by atoms with Gasteiger partial charge in [0.1, 0.15) is 6.61 Å². The average Bonchev–Trinajstić information content (AvgIpc) is 3.43. The molecular formula is C68H126NO8P. The molecule has 0 saturated carbocycles. The zero-order valence-corrected chi connectivity index (χ0v) is 52.1. The first-order valence-electron chi connectivity index (χ1n) is 33.3. The second-order valence-electron chi connectivity index (χ2n) is 22.3. The molecule has 0 saturated heterocycles. The molecule has 9 nitrogen and oxygen atoms in total. The van der Waals surface area contributed by atoms with Crippen molar-refractivity contribution in [1.29, 1.82) is 0 Å². The molecule has 0 bridgehead atoms. The van der Waals surface area contributed by atoms with Crippen LogP contribution >= 0.6 is 7.82 Å². The zero-order chi connectivity index (χ0) is 56.6. The summed E-state index contributed by atoms with van der Waals surface area (Å²) in [7, 11) is -4.39. The van der Waals surface area contributed by atoms with Crippen molar-refractivity contribution in [2.75, 3.05) is 26.4 Å². The Morgan fingerprint density at radius 2 is 0.667 bits per heavy atom. The third kappa shape index (κ3) is 62.9. The number of esters is 2. The van der Waals surface area contributed by atoms with Crippen LogP contribution < -0.4 is 5.73 Å². The molecule has 2 unspecified atom stereocenters. The van der Waals surface area contributed by atoms with E-state index in [1.165, 1.54) is 225 Å². The van der Waals surface area contributed by atoms with Gasteiger partial charge in [-0.05, 0) is 83.5 Å². The smallest absolute Gasteiger partial charge is 0.462 e. The molecule has 0 rings (SSSR count). The van der Waals surface area contributed by atoms with Gasteiger partial charge in [-0.1, -0.05) is 293 Å². The normalized spacial score (nSPS) is 13.3. The van der Waals surface area contributed by atoms with E-state index < -0.39 is 26.5 Å². The van der Waals surface area contributed by atoms with Crippen LogP contribution in [0.1, 0.15) is 328 Å². The Bertz CT molecular complexity index is 1460. The van der Waals surface area contributed by atoms with Crippen molar-refractivity contribution < 1.29 is 37.6 Å². The minimum Gasteiger partial charge on any atom is -0.462 e. The summed E-state index contributed by atoms with van der Waals surface area (Å²) in [5.74, 6) is -0.831. The number of hydrogen-bond acceptors (Lipinski definition) is 8. The zero-order valence-electron chi connectivity index (χ0n) is 51.2. The van der Waals surface area contributed by atoms with Gasteiger partial charge >= 0.3 is 19.8 Å². The maximum Gasteiger partial charge on any atom is 0.472 e. The van der Waals surface area contributed by atoms with Crippen molar-refractivity contribution in [2.24, 2.45) is 5.73 Å². The molecular weight excluding hydrogens is 990 g/mol. The number of unbranched alkanes of at least 4 members (excludes halogenated alkanes) is 40. The average molecular weight is 1120 g/mol. The van der Waals surface area contributed by atoms with Crippen LogP contribution in [0.5, 0.6) is 0 Å². The summed E-state index contributed by atoms with van der Waals surface area (Å²) in [4.78, 5) is 35.2. The number of phosphoric acid groups is 1. The lowest BCUT2D eigenvalue weighted by atomic mass is 10.0. The van der Waals surface area contributed by atoms with Gasteiger partial charge in [-0.3, -0.25) is 18.6 Å². The highest BCUT2D eigenvalue weighted by Crippen LogP contribution is 2.43. The number of ether oxygens (including phenoxy) is 2. The van der Waals surface area contributed by atoms with Gasteiger partial charge in [0.2, 0.25) is 0 Å². The molecule has 0 aromatic carbocycles. The highest BCUT2D eigenvalue weighted by molar-refractivity contribution is 7.47. The molecule has 10 heteroatoms. The van der Waals surface area contributed by atoms with Crippen LogP contribution in [0.15, 0.2) is 60.8 Å². The number of hydrogen-bond donors (Lipinski definition) is 2. The van der Waals surface area contributed by atoms with E-state index >= 15 is 0 Å². The molecule has 3 N–H and O–H groups in total. The third-order valence-electron chi connectivity index (χ3n) is 14.6. The molecule has 0 aromatic heterocycles. The summed E-state index contributed by atoms with van der Waals surface area (Å²) >= 11 is 0. The fourth-order valence-corrected chi connectivity index (χ4v) is 10.4. The van der Waals surface area contributed by atoms with Gasteiger partial charge in [0.05, 0.1) is 13.2 Å². The summed E-state index contributed by atoms with van der Waals surface area (Å²) in [6, 6.07) is 0. The van der Waals surface area contributed by atoms with E-state index in [0.29, 0.717) is 6.42 Å². The van der Waals surface area contributed by atoms with Gasteiger partial charge < -0.3 is 20.1 Å². The van der Waals surface area contributed by atoms with E-state index in [2.05, 4.69) is 74.6 Å². The van der Waals surface area contributed by atoms with Crippen LogP contribution in [0, 0.1) is 0 Å². The first-order valence-corrected chi connectivity index (χ1v) is 34.8. The Morgan fingerprint density at radius 3 is 1.00 bits per heavy atom. The van der Waals surface area contributed by atoms with Gasteiger partial charge in [0.25, 0.3) is 0 Å². The Hall–Kier alpha value is -2.29. The number of carbonyl (C=O) groups excluding carboxylic acids is 2. The number of phosphoric ester groups is 1. The summed E-state index contributed by atoms with van der Waals surface area (Å²) in [5.41, 5.74) is 5.39. The van der Waals surface area contributed by atoms with Crippen LogP contribution in [0.3, 0.4) is 0 Å². The van der Waals surface area contributed by atoms with E-state index in [-0.39, 0.29) is 38.6 Å². The monoisotopic (exact) mass is 1120 g/mol. The van der Waals surface area contributed by atoms with Crippen molar-refractivity contribution in [1.82, 2.24) is 0 Å². The Labute approximate surface area is 482 Å². The maximum atomic E-state index is 12.7.